The van der Waals surface area contributed by atoms with Crippen molar-refractivity contribution in [3.63, 3.8) is 0 Å². The van der Waals surface area contributed by atoms with Crippen LogP contribution in [-0.2, 0) is 30.7 Å². The molecule has 1 atom stereocenters. The van der Waals surface area contributed by atoms with Gasteiger partial charge in [0.2, 0.25) is 0 Å². The summed E-state index contributed by atoms with van der Waals surface area (Å²) in [6.07, 6.45) is 2.68. The number of aromatic nitrogens is 1. The van der Waals surface area contributed by atoms with Gasteiger partial charge in [-0.3, -0.25) is 4.90 Å². The summed E-state index contributed by atoms with van der Waals surface area (Å²) >= 11 is 12.8. The molecule has 284 valence electrons. The standard InChI is InChI=1S/C34H38Cl2F2N2O11S/c1-45-12-13-52(43,44)51-26-15-24(14-25(17-26)47-11-8-39-6-9-46-10-7-39)33(41)49-31(18-27-28(35)19-40(42)20-29(27)36)23-4-5-30(50-34(37)38)32(16-23)48-21-22-2-3-22/h4-5,14-17,19-20,22,31,34H,2-3,6-13,18,21H2,1H3/t31-/m0/s1. The van der Waals surface area contributed by atoms with E-state index in [2.05, 4.69) is 9.64 Å². The Balaban J connectivity index is 1.46. The molecule has 0 radical (unpaired) electrons. The van der Waals surface area contributed by atoms with Gasteiger partial charge in [0, 0.05) is 44.8 Å². The lowest BCUT2D eigenvalue weighted by Crippen LogP contribution is -2.38. The number of halogens is 4. The van der Waals surface area contributed by atoms with Crippen LogP contribution >= 0.6 is 23.2 Å². The molecule has 5 rings (SSSR count). The van der Waals surface area contributed by atoms with Gasteiger partial charge in [-0.25, -0.2) is 4.79 Å². The average molecular weight is 792 g/mol. The average Bonchev–Trinajstić information content (AvgIpc) is 3.92. The molecule has 0 spiro atoms. The second-order valence-corrected chi connectivity index (χ2v) is 14.6. The van der Waals surface area contributed by atoms with Gasteiger partial charge in [0.1, 0.15) is 40.0 Å². The van der Waals surface area contributed by atoms with E-state index in [0.717, 1.165) is 38.3 Å². The smallest absolute Gasteiger partial charge is 0.387 e. The third kappa shape index (κ3) is 11.9. The number of nitrogens with zero attached hydrogens (tertiary/aromatic N) is 2. The summed E-state index contributed by atoms with van der Waals surface area (Å²) in [7, 11) is -2.78. The fourth-order valence-electron chi connectivity index (χ4n) is 5.17. The van der Waals surface area contributed by atoms with Gasteiger partial charge in [-0.2, -0.15) is 21.9 Å². The Kier molecular flexibility index (Phi) is 14.0. The van der Waals surface area contributed by atoms with Gasteiger partial charge in [0.15, 0.2) is 23.9 Å². The van der Waals surface area contributed by atoms with Gasteiger partial charge >= 0.3 is 22.7 Å². The third-order valence-electron chi connectivity index (χ3n) is 8.08. The molecule has 13 nitrogen and oxygen atoms in total. The molecular formula is C34H38Cl2F2N2O11S. The van der Waals surface area contributed by atoms with E-state index in [1.165, 1.54) is 43.5 Å². The fourth-order valence-corrected chi connectivity index (χ4v) is 6.61. The van der Waals surface area contributed by atoms with E-state index < -0.39 is 34.6 Å². The molecular weight excluding hydrogens is 753 g/mol. The van der Waals surface area contributed by atoms with Crippen LogP contribution in [-0.4, -0.2) is 91.4 Å². The number of morpholine rings is 1. The van der Waals surface area contributed by atoms with E-state index >= 15 is 0 Å². The maximum atomic E-state index is 13.9. The summed E-state index contributed by atoms with van der Waals surface area (Å²) in [5.41, 5.74) is 0.426. The summed E-state index contributed by atoms with van der Waals surface area (Å²) in [5, 5.41) is 11.9. The van der Waals surface area contributed by atoms with Crippen LogP contribution < -0.4 is 23.1 Å². The van der Waals surface area contributed by atoms with Crippen molar-refractivity contribution < 1.29 is 59.3 Å². The first-order valence-electron chi connectivity index (χ1n) is 16.4. The molecule has 3 aromatic rings. The minimum absolute atomic E-state index is 0.000946. The first-order chi connectivity index (χ1) is 24.9. The summed E-state index contributed by atoms with van der Waals surface area (Å²) in [5.74, 6) is -1.40. The number of hydrogen-bond acceptors (Lipinski definition) is 12. The monoisotopic (exact) mass is 790 g/mol. The Bertz CT molecular complexity index is 1770. The van der Waals surface area contributed by atoms with Crippen LogP contribution in [0.5, 0.6) is 23.0 Å². The predicted octanol–water partition coefficient (Wildman–Crippen LogP) is 5.22. The molecule has 2 fully saturated rings. The van der Waals surface area contributed by atoms with E-state index in [1.807, 2.05) is 0 Å². The highest BCUT2D eigenvalue weighted by molar-refractivity contribution is 7.87. The largest absolute Gasteiger partial charge is 0.619 e. The van der Waals surface area contributed by atoms with Crippen molar-refractivity contribution in [3.8, 4) is 23.0 Å². The lowest BCUT2D eigenvalue weighted by atomic mass is 10.0. The summed E-state index contributed by atoms with van der Waals surface area (Å²) in [4.78, 5) is 16.1. The molecule has 18 heteroatoms. The maximum absolute atomic E-state index is 13.9. The van der Waals surface area contributed by atoms with Crippen molar-refractivity contribution in [1.29, 1.82) is 0 Å². The van der Waals surface area contributed by atoms with Crippen LogP contribution in [0.1, 0.15) is 40.4 Å². The molecule has 0 N–H and O–H groups in total. The minimum atomic E-state index is -4.13. The third-order valence-corrected chi connectivity index (χ3v) is 9.84. The molecule has 2 aromatic carbocycles. The number of methoxy groups -OCH3 is 1. The molecule has 1 aliphatic heterocycles. The van der Waals surface area contributed by atoms with Crippen molar-refractivity contribution in [2.24, 2.45) is 5.92 Å². The van der Waals surface area contributed by atoms with Crippen molar-refractivity contribution in [2.75, 3.05) is 65.5 Å². The van der Waals surface area contributed by atoms with Crippen molar-refractivity contribution in [2.45, 2.75) is 32.0 Å². The molecule has 52 heavy (non-hydrogen) atoms. The van der Waals surface area contributed by atoms with Crippen molar-refractivity contribution >= 4 is 39.3 Å². The number of hydrogen-bond donors (Lipinski definition) is 0. The predicted molar refractivity (Wildman–Crippen MR) is 184 cm³/mol. The maximum Gasteiger partial charge on any atom is 0.387 e. The lowest BCUT2D eigenvalue weighted by Gasteiger charge is -2.26. The number of rotatable bonds is 19. The first-order valence-corrected chi connectivity index (χ1v) is 18.7. The molecule has 2 heterocycles. The molecule has 0 amide bonds. The van der Waals surface area contributed by atoms with Crippen LogP contribution in [0.3, 0.4) is 0 Å². The minimum Gasteiger partial charge on any atom is -0.619 e. The quantitative estimate of drug-likeness (QED) is 0.0679. The van der Waals surface area contributed by atoms with Gasteiger partial charge < -0.3 is 37.8 Å². The fraction of sp³-hybridized carbons (Fsp3) is 0.471. The normalized spacial score (nSPS) is 15.7. The Labute approximate surface area is 309 Å². The van der Waals surface area contributed by atoms with Crippen LogP contribution in [0.25, 0.3) is 0 Å². The van der Waals surface area contributed by atoms with E-state index in [1.54, 1.807) is 0 Å². The zero-order valence-electron chi connectivity index (χ0n) is 28.1. The number of alkyl halides is 2. The number of benzene rings is 2. The molecule has 0 unspecified atom stereocenters. The van der Waals surface area contributed by atoms with Gasteiger partial charge in [-0.1, -0.05) is 29.3 Å². The Morgan fingerprint density at radius 3 is 2.40 bits per heavy atom. The molecule has 2 aliphatic rings. The number of esters is 1. The van der Waals surface area contributed by atoms with Gasteiger partial charge in [-0.05, 0) is 48.6 Å². The SMILES string of the molecule is COCCS(=O)(=O)Oc1cc(OCCN2CCOCC2)cc(C(=O)O[C@@H](Cc2c(Cl)c[n+]([O-])cc2Cl)c2ccc(OC(F)F)c(OCC3CC3)c2)c1. The van der Waals surface area contributed by atoms with E-state index in [4.69, 9.17) is 51.1 Å². The number of carbonyl (C=O) groups is 1. The summed E-state index contributed by atoms with van der Waals surface area (Å²) in [6.45, 7) is 0.381. The van der Waals surface area contributed by atoms with Gasteiger partial charge in [0.25, 0.3) is 0 Å². The van der Waals surface area contributed by atoms with E-state index in [-0.39, 0.29) is 76.3 Å². The Morgan fingerprint density at radius 2 is 1.73 bits per heavy atom. The molecule has 1 aromatic heterocycles. The van der Waals surface area contributed by atoms with Crippen molar-refractivity contribution in [1.82, 2.24) is 4.90 Å². The van der Waals surface area contributed by atoms with Crippen LogP contribution in [0.4, 0.5) is 8.78 Å². The number of pyridine rings is 1. The molecule has 1 aliphatic carbocycles. The lowest BCUT2D eigenvalue weighted by molar-refractivity contribution is -0.605. The first kappa shape index (κ1) is 39.5. The summed E-state index contributed by atoms with van der Waals surface area (Å²) in [6, 6.07) is 8.00. The van der Waals surface area contributed by atoms with Crippen LogP contribution in [0.15, 0.2) is 48.8 Å². The Morgan fingerprint density at radius 1 is 1.02 bits per heavy atom. The highest BCUT2D eigenvalue weighted by atomic mass is 35.5. The topological polar surface area (TPSA) is 146 Å². The second-order valence-electron chi connectivity index (χ2n) is 12.1. The van der Waals surface area contributed by atoms with Crippen LogP contribution in [0, 0.1) is 11.1 Å². The highest BCUT2D eigenvalue weighted by Gasteiger charge is 2.28. The zero-order chi connectivity index (χ0) is 37.3. The molecule has 1 saturated carbocycles. The number of ether oxygens (including phenoxy) is 6. The zero-order valence-corrected chi connectivity index (χ0v) is 30.5. The second kappa shape index (κ2) is 18.4. The molecule has 0 bridgehead atoms. The highest BCUT2D eigenvalue weighted by Crippen LogP contribution is 2.38. The summed E-state index contributed by atoms with van der Waals surface area (Å²) < 4.78 is 90.2. The van der Waals surface area contributed by atoms with Crippen LogP contribution in [0.2, 0.25) is 10.0 Å². The van der Waals surface area contributed by atoms with Gasteiger partial charge in [-0.15, -0.1) is 0 Å². The van der Waals surface area contributed by atoms with E-state index in [9.17, 15) is 27.2 Å². The number of carbonyl (C=O) groups excluding carboxylic acids is 1. The van der Waals surface area contributed by atoms with E-state index in [0.29, 0.717) is 30.1 Å². The van der Waals surface area contributed by atoms with Crippen molar-refractivity contribution in [3.05, 3.63) is 80.7 Å². The van der Waals surface area contributed by atoms with Gasteiger partial charge in [0.05, 0.1) is 32.0 Å². The Hall–Kier alpha value is -3.67. The molecule has 1 saturated heterocycles.